The van der Waals surface area contributed by atoms with Gasteiger partial charge in [-0.15, -0.1) is 0 Å². The van der Waals surface area contributed by atoms with Gasteiger partial charge in [0.15, 0.2) is 0 Å². The maximum atomic E-state index is 5.80. The first-order chi connectivity index (χ1) is 8.29. The van der Waals surface area contributed by atoms with E-state index in [1.54, 1.807) is 0 Å². The SMILES string of the molecule is CCCOCC1CC(C)CCC1CNC1CC1. The molecule has 2 heteroatoms. The summed E-state index contributed by atoms with van der Waals surface area (Å²) in [5.74, 6) is 2.57. The molecule has 0 amide bonds. The van der Waals surface area contributed by atoms with Crippen molar-refractivity contribution in [1.82, 2.24) is 5.32 Å². The Hall–Kier alpha value is -0.0800. The molecule has 0 aromatic heterocycles. The smallest absolute Gasteiger partial charge is 0.0497 e. The lowest BCUT2D eigenvalue weighted by Gasteiger charge is -2.35. The molecule has 17 heavy (non-hydrogen) atoms. The van der Waals surface area contributed by atoms with Gasteiger partial charge in [0.1, 0.15) is 0 Å². The Kier molecular flexibility index (Phi) is 5.30. The Morgan fingerprint density at radius 1 is 1.12 bits per heavy atom. The number of nitrogens with one attached hydrogen (secondary N) is 1. The molecule has 0 spiro atoms. The van der Waals surface area contributed by atoms with E-state index >= 15 is 0 Å². The van der Waals surface area contributed by atoms with Crippen LogP contribution in [0.2, 0.25) is 0 Å². The van der Waals surface area contributed by atoms with Crippen molar-refractivity contribution in [3.63, 3.8) is 0 Å². The summed E-state index contributed by atoms with van der Waals surface area (Å²) < 4.78 is 5.80. The molecule has 0 heterocycles. The van der Waals surface area contributed by atoms with Gasteiger partial charge in [-0.2, -0.15) is 0 Å². The van der Waals surface area contributed by atoms with Crippen LogP contribution >= 0.6 is 0 Å². The molecule has 2 fully saturated rings. The number of ether oxygens (including phenoxy) is 1. The number of hydrogen-bond acceptors (Lipinski definition) is 2. The van der Waals surface area contributed by atoms with Crippen molar-refractivity contribution in [3.8, 4) is 0 Å². The molecular weight excluding hydrogens is 210 g/mol. The van der Waals surface area contributed by atoms with E-state index in [0.717, 1.165) is 43.4 Å². The molecule has 3 atom stereocenters. The fourth-order valence-corrected chi connectivity index (χ4v) is 3.02. The Morgan fingerprint density at radius 2 is 1.94 bits per heavy atom. The monoisotopic (exact) mass is 239 g/mol. The lowest BCUT2D eigenvalue weighted by molar-refractivity contribution is 0.0473. The molecule has 0 aromatic carbocycles. The third-order valence-electron chi connectivity index (χ3n) is 4.33. The fraction of sp³-hybridized carbons (Fsp3) is 1.00. The normalized spacial score (nSPS) is 33.9. The molecule has 3 unspecified atom stereocenters. The van der Waals surface area contributed by atoms with Gasteiger partial charge in [-0.1, -0.05) is 20.3 Å². The van der Waals surface area contributed by atoms with Crippen LogP contribution in [0.4, 0.5) is 0 Å². The molecule has 0 bridgehead atoms. The second-order valence-electron chi connectivity index (χ2n) is 6.20. The molecular formula is C15H29NO. The third-order valence-corrected chi connectivity index (χ3v) is 4.33. The minimum absolute atomic E-state index is 0.802. The minimum Gasteiger partial charge on any atom is -0.381 e. The van der Waals surface area contributed by atoms with Gasteiger partial charge in [-0.25, -0.2) is 0 Å². The van der Waals surface area contributed by atoms with E-state index in [0.29, 0.717) is 0 Å². The zero-order valence-electron chi connectivity index (χ0n) is 11.6. The second kappa shape index (κ2) is 6.75. The molecule has 1 N–H and O–H groups in total. The Bertz CT molecular complexity index is 215. The molecule has 0 radical (unpaired) electrons. The molecule has 0 aliphatic heterocycles. The van der Waals surface area contributed by atoms with Crippen molar-refractivity contribution in [2.45, 2.75) is 58.4 Å². The first-order valence-corrected chi connectivity index (χ1v) is 7.60. The molecule has 2 nitrogen and oxygen atoms in total. The summed E-state index contributed by atoms with van der Waals surface area (Å²) in [4.78, 5) is 0. The summed E-state index contributed by atoms with van der Waals surface area (Å²) in [7, 11) is 0. The maximum absolute atomic E-state index is 5.80. The molecule has 2 rings (SSSR count). The van der Waals surface area contributed by atoms with Gasteiger partial charge in [-0.3, -0.25) is 0 Å². The number of hydrogen-bond donors (Lipinski definition) is 1. The average Bonchev–Trinajstić information content (AvgIpc) is 3.12. The topological polar surface area (TPSA) is 21.3 Å². The van der Waals surface area contributed by atoms with Crippen molar-refractivity contribution in [2.24, 2.45) is 17.8 Å². The number of rotatable bonds is 7. The van der Waals surface area contributed by atoms with Crippen molar-refractivity contribution < 1.29 is 4.74 Å². The van der Waals surface area contributed by atoms with Crippen LogP contribution in [0.5, 0.6) is 0 Å². The average molecular weight is 239 g/mol. The molecule has 2 saturated carbocycles. The van der Waals surface area contributed by atoms with E-state index in [1.165, 1.54) is 38.6 Å². The van der Waals surface area contributed by atoms with Gasteiger partial charge < -0.3 is 10.1 Å². The van der Waals surface area contributed by atoms with Gasteiger partial charge in [0.25, 0.3) is 0 Å². The Labute approximate surface area is 107 Å². The summed E-state index contributed by atoms with van der Waals surface area (Å²) in [5, 5.41) is 3.71. The summed E-state index contributed by atoms with van der Waals surface area (Å²) >= 11 is 0. The summed E-state index contributed by atoms with van der Waals surface area (Å²) in [5.41, 5.74) is 0. The summed E-state index contributed by atoms with van der Waals surface area (Å²) in [6.45, 7) is 7.76. The maximum Gasteiger partial charge on any atom is 0.0497 e. The predicted molar refractivity (Wildman–Crippen MR) is 72.1 cm³/mol. The van der Waals surface area contributed by atoms with Crippen molar-refractivity contribution in [3.05, 3.63) is 0 Å². The highest BCUT2D eigenvalue weighted by atomic mass is 16.5. The first-order valence-electron chi connectivity index (χ1n) is 7.60. The fourth-order valence-electron chi connectivity index (χ4n) is 3.02. The molecule has 0 saturated heterocycles. The zero-order valence-corrected chi connectivity index (χ0v) is 11.6. The summed E-state index contributed by atoms with van der Waals surface area (Å²) in [6, 6.07) is 0.853. The lowest BCUT2D eigenvalue weighted by atomic mass is 9.75. The molecule has 2 aliphatic rings. The molecule has 100 valence electrons. The second-order valence-corrected chi connectivity index (χ2v) is 6.20. The van der Waals surface area contributed by atoms with Crippen LogP contribution in [-0.4, -0.2) is 25.8 Å². The molecule has 0 aromatic rings. The van der Waals surface area contributed by atoms with E-state index in [2.05, 4.69) is 19.2 Å². The predicted octanol–water partition coefficient (Wildman–Crippen LogP) is 3.22. The Morgan fingerprint density at radius 3 is 2.65 bits per heavy atom. The van der Waals surface area contributed by atoms with Crippen LogP contribution in [0, 0.1) is 17.8 Å². The Balaban J connectivity index is 1.73. The van der Waals surface area contributed by atoms with Crippen molar-refractivity contribution in [1.29, 1.82) is 0 Å². The van der Waals surface area contributed by atoms with Crippen LogP contribution in [0.25, 0.3) is 0 Å². The lowest BCUT2D eigenvalue weighted by Crippen LogP contribution is -2.35. The van der Waals surface area contributed by atoms with Gasteiger partial charge in [0, 0.05) is 19.3 Å². The van der Waals surface area contributed by atoms with Crippen LogP contribution in [0.3, 0.4) is 0 Å². The highest BCUT2D eigenvalue weighted by Gasteiger charge is 2.30. The standard InChI is InChI=1S/C15H29NO/c1-3-8-17-11-14-9-12(2)4-5-13(14)10-16-15-6-7-15/h12-16H,3-11H2,1-2H3. The largest absolute Gasteiger partial charge is 0.381 e. The molecule has 2 aliphatic carbocycles. The first kappa shape index (κ1) is 13.4. The van der Waals surface area contributed by atoms with Crippen LogP contribution in [-0.2, 0) is 4.74 Å². The van der Waals surface area contributed by atoms with E-state index in [4.69, 9.17) is 4.74 Å². The van der Waals surface area contributed by atoms with Gasteiger partial charge in [0.2, 0.25) is 0 Å². The van der Waals surface area contributed by atoms with E-state index in [-0.39, 0.29) is 0 Å². The minimum atomic E-state index is 0.802. The third kappa shape index (κ3) is 4.59. The van der Waals surface area contributed by atoms with Crippen LogP contribution < -0.4 is 5.32 Å². The van der Waals surface area contributed by atoms with Gasteiger partial charge in [0.05, 0.1) is 0 Å². The van der Waals surface area contributed by atoms with Crippen molar-refractivity contribution in [2.75, 3.05) is 19.8 Å². The quantitative estimate of drug-likeness (QED) is 0.689. The highest BCUT2D eigenvalue weighted by Crippen LogP contribution is 2.34. The van der Waals surface area contributed by atoms with E-state index < -0.39 is 0 Å². The van der Waals surface area contributed by atoms with Crippen LogP contribution in [0.1, 0.15) is 52.4 Å². The summed E-state index contributed by atoms with van der Waals surface area (Å²) in [6.07, 6.45) is 8.15. The van der Waals surface area contributed by atoms with Crippen LogP contribution in [0.15, 0.2) is 0 Å². The van der Waals surface area contributed by atoms with Crippen molar-refractivity contribution >= 4 is 0 Å². The van der Waals surface area contributed by atoms with E-state index in [1.807, 2.05) is 0 Å². The van der Waals surface area contributed by atoms with Gasteiger partial charge in [-0.05, 0) is 56.4 Å². The van der Waals surface area contributed by atoms with E-state index in [9.17, 15) is 0 Å². The zero-order chi connectivity index (χ0) is 12.1. The highest BCUT2D eigenvalue weighted by molar-refractivity contribution is 4.85. The van der Waals surface area contributed by atoms with Gasteiger partial charge >= 0.3 is 0 Å².